The lowest BCUT2D eigenvalue weighted by Gasteiger charge is -2.16. The molecule has 1 N–H and O–H groups in total. The first-order valence-corrected chi connectivity index (χ1v) is 8.89. The SMILES string of the molecule is Cc1cc(=O)c(C(=O)Nc2ccc(Cl)c([N+](=O)[O-])c2)nn1-c1ccccc1C(F)(F)F. The number of hydrogen-bond donors (Lipinski definition) is 1. The van der Waals surface area contributed by atoms with E-state index in [9.17, 15) is 32.9 Å². The van der Waals surface area contributed by atoms with Gasteiger partial charge in [0.05, 0.1) is 16.2 Å². The summed E-state index contributed by atoms with van der Waals surface area (Å²) in [5.41, 5.74) is -3.37. The topological polar surface area (TPSA) is 107 Å². The summed E-state index contributed by atoms with van der Waals surface area (Å²) < 4.78 is 41.0. The van der Waals surface area contributed by atoms with E-state index in [1.807, 2.05) is 0 Å². The molecule has 12 heteroatoms. The average molecular weight is 453 g/mol. The second-order valence-electron chi connectivity index (χ2n) is 6.30. The van der Waals surface area contributed by atoms with Crippen LogP contribution >= 0.6 is 11.6 Å². The Morgan fingerprint density at radius 1 is 1.19 bits per heavy atom. The molecule has 3 rings (SSSR count). The molecule has 31 heavy (non-hydrogen) atoms. The third-order valence-electron chi connectivity index (χ3n) is 4.16. The van der Waals surface area contributed by atoms with E-state index in [2.05, 4.69) is 10.4 Å². The summed E-state index contributed by atoms with van der Waals surface area (Å²) in [6.45, 7) is 1.37. The van der Waals surface area contributed by atoms with Crippen LogP contribution in [0.1, 0.15) is 21.7 Å². The number of carbonyl (C=O) groups excluding carboxylic acids is 1. The molecule has 1 aromatic heterocycles. The number of nitrogens with zero attached hydrogens (tertiary/aromatic N) is 3. The van der Waals surface area contributed by atoms with Gasteiger partial charge in [0.2, 0.25) is 5.43 Å². The van der Waals surface area contributed by atoms with Gasteiger partial charge in [0.25, 0.3) is 11.6 Å². The minimum Gasteiger partial charge on any atom is -0.320 e. The number of carbonyl (C=O) groups is 1. The van der Waals surface area contributed by atoms with Crippen LogP contribution in [0.4, 0.5) is 24.5 Å². The number of para-hydroxylation sites is 1. The van der Waals surface area contributed by atoms with Gasteiger partial charge in [-0.3, -0.25) is 19.7 Å². The van der Waals surface area contributed by atoms with Gasteiger partial charge in [0.1, 0.15) is 5.02 Å². The molecule has 0 unspecified atom stereocenters. The molecule has 0 aliphatic rings. The molecule has 8 nitrogen and oxygen atoms in total. The molecule has 0 atom stereocenters. The number of nitrogens with one attached hydrogen (secondary N) is 1. The number of nitro benzene ring substituents is 1. The number of halogens is 4. The van der Waals surface area contributed by atoms with Gasteiger partial charge in [-0.2, -0.15) is 18.3 Å². The molecule has 0 aliphatic carbocycles. The number of alkyl halides is 3. The summed E-state index contributed by atoms with van der Waals surface area (Å²) in [5, 5.41) is 16.9. The van der Waals surface area contributed by atoms with Crippen molar-refractivity contribution >= 4 is 28.9 Å². The number of anilines is 1. The maximum absolute atomic E-state index is 13.4. The van der Waals surface area contributed by atoms with E-state index in [1.54, 1.807) is 0 Å². The zero-order valence-corrected chi connectivity index (χ0v) is 16.4. The monoisotopic (exact) mass is 452 g/mol. The molecule has 2 aromatic carbocycles. The van der Waals surface area contributed by atoms with E-state index in [0.717, 1.165) is 28.9 Å². The van der Waals surface area contributed by atoms with Gasteiger partial charge in [-0.25, -0.2) is 4.68 Å². The van der Waals surface area contributed by atoms with Crippen molar-refractivity contribution in [3.63, 3.8) is 0 Å². The first-order valence-electron chi connectivity index (χ1n) is 8.52. The Labute approximate surface area is 177 Å². The fourth-order valence-electron chi connectivity index (χ4n) is 2.77. The number of nitro groups is 1. The molecule has 0 spiro atoms. The molecule has 0 aliphatic heterocycles. The Hall–Kier alpha value is -3.73. The standard InChI is InChI=1S/C19H12ClF3N4O4/c1-10-8-16(28)17(18(29)24-11-6-7-13(20)15(9-11)27(30)31)25-26(10)14-5-3-2-4-12(14)19(21,22)23/h2-9H,1H3,(H,24,29). The minimum absolute atomic E-state index is 0.0508. The maximum Gasteiger partial charge on any atom is 0.418 e. The van der Waals surface area contributed by atoms with Crippen molar-refractivity contribution in [3.05, 3.63) is 90.8 Å². The van der Waals surface area contributed by atoms with Gasteiger partial charge in [-0.05, 0) is 31.2 Å². The lowest BCUT2D eigenvalue weighted by Crippen LogP contribution is -2.27. The molecule has 3 aromatic rings. The Balaban J connectivity index is 2.05. The van der Waals surface area contributed by atoms with Crippen LogP contribution in [0.5, 0.6) is 0 Å². The second-order valence-corrected chi connectivity index (χ2v) is 6.71. The van der Waals surface area contributed by atoms with E-state index in [-0.39, 0.29) is 22.1 Å². The highest BCUT2D eigenvalue weighted by Crippen LogP contribution is 2.33. The summed E-state index contributed by atoms with van der Waals surface area (Å²) in [6.07, 6.45) is -4.70. The highest BCUT2D eigenvalue weighted by molar-refractivity contribution is 6.32. The molecule has 1 heterocycles. The molecule has 1 amide bonds. The molecule has 160 valence electrons. The number of aryl methyl sites for hydroxylation is 1. The summed E-state index contributed by atoms with van der Waals surface area (Å²) in [5.74, 6) is -1.06. The summed E-state index contributed by atoms with van der Waals surface area (Å²) in [7, 11) is 0. The molecular weight excluding hydrogens is 441 g/mol. The number of aromatic nitrogens is 2. The fourth-order valence-corrected chi connectivity index (χ4v) is 2.95. The van der Waals surface area contributed by atoms with Gasteiger partial charge in [-0.1, -0.05) is 23.7 Å². The second kappa shape index (κ2) is 8.19. The Kier molecular flexibility index (Phi) is 5.80. The van der Waals surface area contributed by atoms with Crippen LogP contribution in [-0.2, 0) is 6.18 Å². The number of rotatable bonds is 4. The normalized spacial score (nSPS) is 11.3. The van der Waals surface area contributed by atoms with Crippen molar-refractivity contribution in [2.24, 2.45) is 0 Å². The van der Waals surface area contributed by atoms with E-state index in [0.29, 0.717) is 0 Å². The van der Waals surface area contributed by atoms with Crippen LogP contribution in [0.15, 0.2) is 53.3 Å². The van der Waals surface area contributed by atoms with Gasteiger partial charge in [0.15, 0.2) is 5.69 Å². The minimum atomic E-state index is -4.70. The summed E-state index contributed by atoms with van der Waals surface area (Å²) in [6, 6.07) is 8.94. The third-order valence-corrected chi connectivity index (χ3v) is 4.48. The summed E-state index contributed by atoms with van der Waals surface area (Å²) >= 11 is 5.72. The zero-order chi connectivity index (χ0) is 22.9. The van der Waals surface area contributed by atoms with Crippen molar-refractivity contribution in [2.75, 3.05) is 5.32 Å². The van der Waals surface area contributed by atoms with Gasteiger partial charge in [0, 0.05) is 23.5 Å². The van der Waals surface area contributed by atoms with E-state index < -0.39 is 39.4 Å². The molecule has 0 fully saturated rings. The summed E-state index contributed by atoms with van der Waals surface area (Å²) in [4.78, 5) is 35.1. The molecule has 0 saturated heterocycles. The first kappa shape index (κ1) is 22.0. The fraction of sp³-hybridized carbons (Fsp3) is 0.105. The lowest BCUT2D eigenvalue weighted by molar-refractivity contribution is -0.384. The highest BCUT2D eigenvalue weighted by Gasteiger charge is 2.34. The van der Waals surface area contributed by atoms with E-state index in [4.69, 9.17) is 11.6 Å². The van der Waals surface area contributed by atoms with Crippen molar-refractivity contribution in [1.29, 1.82) is 0 Å². The highest BCUT2D eigenvalue weighted by atomic mass is 35.5. The van der Waals surface area contributed by atoms with E-state index in [1.165, 1.54) is 31.2 Å². The smallest absolute Gasteiger partial charge is 0.320 e. The van der Waals surface area contributed by atoms with Gasteiger partial charge < -0.3 is 5.32 Å². The average Bonchev–Trinajstić information content (AvgIpc) is 2.68. The molecule has 0 bridgehead atoms. The van der Waals surface area contributed by atoms with E-state index >= 15 is 0 Å². The van der Waals surface area contributed by atoms with Crippen LogP contribution < -0.4 is 10.7 Å². The van der Waals surface area contributed by atoms with Crippen LogP contribution in [0.25, 0.3) is 5.69 Å². The van der Waals surface area contributed by atoms with Crippen molar-refractivity contribution < 1.29 is 22.9 Å². The quantitative estimate of drug-likeness (QED) is 0.467. The number of hydrogen-bond acceptors (Lipinski definition) is 5. The molecule has 0 radical (unpaired) electrons. The largest absolute Gasteiger partial charge is 0.418 e. The van der Waals surface area contributed by atoms with Gasteiger partial charge >= 0.3 is 6.18 Å². The molecular formula is C19H12ClF3N4O4. The number of amides is 1. The van der Waals surface area contributed by atoms with Crippen molar-refractivity contribution in [2.45, 2.75) is 13.1 Å². The van der Waals surface area contributed by atoms with Crippen LogP contribution in [0, 0.1) is 17.0 Å². The predicted octanol–water partition coefficient (Wildman–Crippen LogP) is 4.37. The molecule has 0 saturated carbocycles. The first-order chi connectivity index (χ1) is 14.5. The van der Waals surface area contributed by atoms with Crippen molar-refractivity contribution in [1.82, 2.24) is 9.78 Å². The van der Waals surface area contributed by atoms with Crippen LogP contribution in [0.3, 0.4) is 0 Å². The Bertz CT molecular complexity index is 1260. The lowest BCUT2D eigenvalue weighted by atomic mass is 10.1. The maximum atomic E-state index is 13.4. The zero-order valence-electron chi connectivity index (χ0n) is 15.6. The third kappa shape index (κ3) is 4.56. The van der Waals surface area contributed by atoms with Crippen LogP contribution in [0.2, 0.25) is 5.02 Å². The Morgan fingerprint density at radius 3 is 2.52 bits per heavy atom. The Morgan fingerprint density at radius 2 is 1.87 bits per heavy atom. The van der Waals surface area contributed by atoms with Crippen molar-refractivity contribution in [3.8, 4) is 5.69 Å². The van der Waals surface area contributed by atoms with Gasteiger partial charge in [-0.15, -0.1) is 0 Å². The number of benzene rings is 2. The van der Waals surface area contributed by atoms with Crippen LogP contribution in [-0.4, -0.2) is 20.6 Å². The predicted molar refractivity (Wildman–Crippen MR) is 106 cm³/mol.